The van der Waals surface area contributed by atoms with Gasteiger partial charge in [0.15, 0.2) is 0 Å². The number of aromatic nitrogens is 1. The van der Waals surface area contributed by atoms with Crippen LogP contribution in [-0.2, 0) is 0 Å². The molecule has 0 bridgehead atoms. The minimum atomic E-state index is 0.663. The number of nitrogens with zero attached hydrogens (tertiary/aromatic N) is 1. The smallest absolute Gasteiger partial charge is 0.0504 e. The van der Waals surface area contributed by atoms with Crippen LogP contribution in [0, 0.1) is 0 Å². The number of anilines is 1. The number of hydrogen-bond acceptors (Lipinski definition) is 2. The Morgan fingerprint density at radius 1 is 1.07 bits per heavy atom. The van der Waals surface area contributed by atoms with Crippen LogP contribution in [0.4, 0.5) is 5.69 Å². The molecule has 0 unspecified atom stereocenters. The summed E-state index contributed by atoms with van der Waals surface area (Å²) in [6.45, 7) is 0. The van der Waals surface area contributed by atoms with Crippen molar-refractivity contribution < 1.29 is 0 Å². The van der Waals surface area contributed by atoms with Gasteiger partial charge < -0.3 is 5.73 Å². The van der Waals surface area contributed by atoms with Crippen molar-refractivity contribution in [2.75, 3.05) is 5.73 Å². The van der Waals surface area contributed by atoms with Crippen molar-refractivity contribution >= 4 is 17.3 Å². The van der Waals surface area contributed by atoms with Gasteiger partial charge in [-0.2, -0.15) is 0 Å². The SMILES string of the molecule is Nc1ccc(-c2ccncc2)c(Cl)c1. The molecule has 2 N–H and O–H groups in total. The van der Waals surface area contributed by atoms with E-state index in [9.17, 15) is 0 Å². The molecule has 0 amide bonds. The fourth-order valence-corrected chi connectivity index (χ4v) is 1.60. The molecule has 2 nitrogen and oxygen atoms in total. The number of hydrogen-bond donors (Lipinski definition) is 1. The lowest BCUT2D eigenvalue weighted by atomic mass is 10.1. The number of pyridine rings is 1. The molecule has 0 radical (unpaired) electrons. The van der Waals surface area contributed by atoms with Crippen LogP contribution >= 0.6 is 11.6 Å². The monoisotopic (exact) mass is 204 g/mol. The van der Waals surface area contributed by atoms with Gasteiger partial charge in [0, 0.05) is 23.6 Å². The van der Waals surface area contributed by atoms with Crippen LogP contribution in [0.15, 0.2) is 42.7 Å². The Bertz CT molecular complexity index is 440. The number of rotatable bonds is 1. The van der Waals surface area contributed by atoms with Gasteiger partial charge in [0.25, 0.3) is 0 Å². The van der Waals surface area contributed by atoms with E-state index in [0.717, 1.165) is 11.1 Å². The molecule has 0 aliphatic heterocycles. The molecule has 1 aromatic carbocycles. The predicted molar refractivity (Wildman–Crippen MR) is 59.1 cm³/mol. The quantitative estimate of drug-likeness (QED) is 0.726. The first-order chi connectivity index (χ1) is 6.77. The Morgan fingerprint density at radius 3 is 2.43 bits per heavy atom. The van der Waals surface area contributed by atoms with Gasteiger partial charge in [0.1, 0.15) is 0 Å². The summed E-state index contributed by atoms with van der Waals surface area (Å²) >= 11 is 6.06. The first kappa shape index (κ1) is 9.03. The maximum atomic E-state index is 6.06. The van der Waals surface area contributed by atoms with E-state index in [-0.39, 0.29) is 0 Å². The zero-order chi connectivity index (χ0) is 9.97. The molecule has 2 aromatic rings. The van der Waals surface area contributed by atoms with Gasteiger partial charge >= 0.3 is 0 Å². The van der Waals surface area contributed by atoms with Crippen LogP contribution in [-0.4, -0.2) is 4.98 Å². The number of nitrogens with two attached hydrogens (primary N) is 1. The molecule has 70 valence electrons. The summed E-state index contributed by atoms with van der Waals surface area (Å²) in [5.41, 5.74) is 8.30. The molecular formula is C11H9ClN2. The van der Waals surface area contributed by atoms with Crippen molar-refractivity contribution in [1.29, 1.82) is 0 Å². The maximum absolute atomic E-state index is 6.06. The Kier molecular flexibility index (Phi) is 2.37. The highest BCUT2D eigenvalue weighted by Gasteiger charge is 2.02. The van der Waals surface area contributed by atoms with Gasteiger partial charge in [-0.05, 0) is 29.8 Å². The van der Waals surface area contributed by atoms with Crippen molar-refractivity contribution in [3.63, 3.8) is 0 Å². The molecular weight excluding hydrogens is 196 g/mol. The summed E-state index contributed by atoms with van der Waals surface area (Å²) in [6.07, 6.45) is 3.48. The first-order valence-corrected chi connectivity index (χ1v) is 4.60. The zero-order valence-corrected chi connectivity index (χ0v) is 8.20. The van der Waals surface area contributed by atoms with Gasteiger partial charge in [0.2, 0.25) is 0 Å². The normalized spacial score (nSPS) is 10.1. The fraction of sp³-hybridized carbons (Fsp3) is 0. The van der Waals surface area contributed by atoms with E-state index in [1.165, 1.54) is 0 Å². The molecule has 14 heavy (non-hydrogen) atoms. The Balaban J connectivity index is 2.53. The lowest BCUT2D eigenvalue weighted by Gasteiger charge is -2.04. The molecule has 0 atom stereocenters. The lowest BCUT2D eigenvalue weighted by Crippen LogP contribution is -1.86. The van der Waals surface area contributed by atoms with E-state index < -0.39 is 0 Å². The molecule has 1 heterocycles. The van der Waals surface area contributed by atoms with E-state index in [2.05, 4.69) is 4.98 Å². The highest BCUT2D eigenvalue weighted by molar-refractivity contribution is 6.33. The van der Waals surface area contributed by atoms with Crippen LogP contribution in [0.1, 0.15) is 0 Å². The Labute approximate surface area is 87.4 Å². The van der Waals surface area contributed by atoms with Gasteiger partial charge in [-0.15, -0.1) is 0 Å². The molecule has 0 saturated carbocycles. The summed E-state index contributed by atoms with van der Waals surface area (Å²) in [7, 11) is 0. The second kappa shape index (κ2) is 3.68. The Hall–Kier alpha value is -1.54. The minimum absolute atomic E-state index is 0.663. The molecule has 0 aliphatic carbocycles. The molecule has 0 saturated heterocycles. The van der Waals surface area contributed by atoms with E-state index in [1.54, 1.807) is 18.5 Å². The summed E-state index contributed by atoms with van der Waals surface area (Å²) in [4.78, 5) is 3.95. The molecule has 1 aromatic heterocycles. The van der Waals surface area contributed by atoms with Gasteiger partial charge in [-0.3, -0.25) is 4.98 Å². The standard InChI is InChI=1S/C11H9ClN2/c12-11-7-9(13)1-2-10(11)8-3-5-14-6-4-8/h1-7H,13H2. The summed E-state index contributed by atoms with van der Waals surface area (Å²) < 4.78 is 0. The maximum Gasteiger partial charge on any atom is 0.0504 e. The van der Waals surface area contributed by atoms with Crippen molar-refractivity contribution in [3.05, 3.63) is 47.7 Å². The molecule has 0 spiro atoms. The third-order valence-electron chi connectivity index (χ3n) is 1.98. The molecule has 3 heteroatoms. The fourth-order valence-electron chi connectivity index (χ4n) is 1.30. The van der Waals surface area contributed by atoms with Crippen LogP contribution in [0.3, 0.4) is 0 Å². The van der Waals surface area contributed by atoms with Gasteiger partial charge in [-0.1, -0.05) is 17.7 Å². The van der Waals surface area contributed by atoms with Crippen LogP contribution < -0.4 is 5.73 Å². The van der Waals surface area contributed by atoms with Crippen molar-refractivity contribution in [1.82, 2.24) is 4.98 Å². The van der Waals surface area contributed by atoms with E-state index in [4.69, 9.17) is 17.3 Å². The summed E-state index contributed by atoms with van der Waals surface area (Å²) in [6, 6.07) is 9.32. The largest absolute Gasteiger partial charge is 0.399 e. The lowest BCUT2D eigenvalue weighted by molar-refractivity contribution is 1.33. The third-order valence-corrected chi connectivity index (χ3v) is 2.30. The number of nitrogen functional groups attached to an aromatic ring is 1. The summed E-state index contributed by atoms with van der Waals surface area (Å²) in [5.74, 6) is 0. The second-order valence-electron chi connectivity index (χ2n) is 2.98. The van der Waals surface area contributed by atoms with E-state index in [0.29, 0.717) is 10.7 Å². The second-order valence-corrected chi connectivity index (χ2v) is 3.38. The van der Waals surface area contributed by atoms with E-state index in [1.807, 2.05) is 24.3 Å². The Morgan fingerprint density at radius 2 is 1.79 bits per heavy atom. The van der Waals surface area contributed by atoms with Crippen molar-refractivity contribution in [3.8, 4) is 11.1 Å². The molecule has 0 fully saturated rings. The molecule has 2 rings (SSSR count). The first-order valence-electron chi connectivity index (χ1n) is 4.23. The average molecular weight is 205 g/mol. The zero-order valence-electron chi connectivity index (χ0n) is 7.44. The van der Waals surface area contributed by atoms with Crippen LogP contribution in [0.2, 0.25) is 5.02 Å². The molecule has 0 aliphatic rings. The number of benzene rings is 1. The highest BCUT2D eigenvalue weighted by atomic mass is 35.5. The third kappa shape index (κ3) is 1.70. The van der Waals surface area contributed by atoms with E-state index >= 15 is 0 Å². The van der Waals surface area contributed by atoms with Gasteiger partial charge in [0.05, 0.1) is 5.02 Å². The summed E-state index contributed by atoms with van der Waals surface area (Å²) in [5, 5.41) is 0.663. The van der Waals surface area contributed by atoms with Crippen molar-refractivity contribution in [2.45, 2.75) is 0 Å². The number of halogens is 1. The topological polar surface area (TPSA) is 38.9 Å². The average Bonchev–Trinajstić information content (AvgIpc) is 2.19. The minimum Gasteiger partial charge on any atom is -0.399 e. The highest BCUT2D eigenvalue weighted by Crippen LogP contribution is 2.28. The van der Waals surface area contributed by atoms with Crippen molar-refractivity contribution in [2.24, 2.45) is 0 Å². The predicted octanol–water partition coefficient (Wildman–Crippen LogP) is 2.98. The van der Waals surface area contributed by atoms with Crippen LogP contribution in [0.25, 0.3) is 11.1 Å². The van der Waals surface area contributed by atoms with Gasteiger partial charge in [-0.25, -0.2) is 0 Å². The van der Waals surface area contributed by atoms with Crippen LogP contribution in [0.5, 0.6) is 0 Å².